The summed E-state index contributed by atoms with van der Waals surface area (Å²) in [6, 6.07) is 7.05. The van der Waals surface area contributed by atoms with Gasteiger partial charge in [0.1, 0.15) is 11.6 Å². The van der Waals surface area contributed by atoms with Crippen LogP contribution in [-0.4, -0.2) is 24.1 Å². The molecule has 17 heavy (non-hydrogen) atoms. The van der Waals surface area contributed by atoms with Crippen LogP contribution in [0.1, 0.15) is 18.9 Å². The fraction of sp³-hybridized carbons (Fsp3) is 0.333. The van der Waals surface area contributed by atoms with Gasteiger partial charge in [-0.3, -0.25) is 4.79 Å². The molecule has 0 aliphatic carbocycles. The fourth-order valence-electron chi connectivity index (χ4n) is 1.22. The summed E-state index contributed by atoms with van der Waals surface area (Å²) < 4.78 is 5.13. The van der Waals surface area contributed by atoms with E-state index in [0.717, 1.165) is 12.0 Å². The first-order valence-corrected chi connectivity index (χ1v) is 5.81. The molecule has 1 rings (SSSR count). The van der Waals surface area contributed by atoms with Crippen molar-refractivity contribution in [3.05, 3.63) is 29.8 Å². The Morgan fingerprint density at radius 2 is 2.06 bits per heavy atom. The molecule has 5 heteroatoms. The lowest BCUT2D eigenvalue weighted by molar-refractivity contribution is -0.120. The third-order valence-corrected chi connectivity index (χ3v) is 2.27. The monoisotopic (exact) mass is 252 g/mol. The number of nitrogens with one attached hydrogen (secondary N) is 1. The minimum Gasteiger partial charge on any atom is -0.389 e. The molecule has 0 aliphatic heterocycles. The Morgan fingerprint density at radius 3 is 2.59 bits per heavy atom. The number of amides is 1. The highest BCUT2D eigenvalue weighted by molar-refractivity contribution is 7.80. The van der Waals surface area contributed by atoms with Crippen molar-refractivity contribution in [3.8, 4) is 0 Å². The lowest BCUT2D eigenvalue weighted by Crippen LogP contribution is -2.18. The van der Waals surface area contributed by atoms with E-state index in [2.05, 4.69) is 5.32 Å². The van der Waals surface area contributed by atoms with Crippen LogP contribution in [0.2, 0.25) is 0 Å². The normalized spacial score (nSPS) is 9.94. The van der Waals surface area contributed by atoms with Crippen LogP contribution >= 0.6 is 12.2 Å². The lowest BCUT2D eigenvalue weighted by Gasteiger charge is -2.06. The van der Waals surface area contributed by atoms with E-state index in [1.54, 1.807) is 24.3 Å². The van der Waals surface area contributed by atoms with Gasteiger partial charge in [0.05, 0.1) is 0 Å². The van der Waals surface area contributed by atoms with Crippen molar-refractivity contribution < 1.29 is 9.53 Å². The van der Waals surface area contributed by atoms with Crippen molar-refractivity contribution in [2.45, 2.75) is 13.3 Å². The highest BCUT2D eigenvalue weighted by Crippen LogP contribution is 2.09. The molecule has 1 amide bonds. The van der Waals surface area contributed by atoms with Gasteiger partial charge in [-0.05, 0) is 30.7 Å². The first-order chi connectivity index (χ1) is 8.13. The van der Waals surface area contributed by atoms with Gasteiger partial charge >= 0.3 is 0 Å². The Morgan fingerprint density at radius 1 is 1.41 bits per heavy atom. The van der Waals surface area contributed by atoms with Gasteiger partial charge in [0.2, 0.25) is 5.91 Å². The maximum absolute atomic E-state index is 11.4. The first kappa shape index (κ1) is 13.6. The number of carbonyl (C=O) groups is 1. The fourth-order valence-corrected chi connectivity index (χ4v) is 1.36. The molecule has 0 radical (unpaired) electrons. The third-order valence-electron chi connectivity index (χ3n) is 2.03. The second kappa shape index (κ2) is 6.98. The topological polar surface area (TPSA) is 64.3 Å². The van der Waals surface area contributed by atoms with E-state index in [-0.39, 0.29) is 12.5 Å². The number of anilines is 1. The number of carbonyl (C=O) groups excluding carboxylic acids is 1. The Bertz CT molecular complexity index is 390. The van der Waals surface area contributed by atoms with Crippen LogP contribution in [0.5, 0.6) is 0 Å². The van der Waals surface area contributed by atoms with Crippen LogP contribution in [-0.2, 0) is 9.53 Å². The molecule has 0 saturated heterocycles. The van der Waals surface area contributed by atoms with Crippen LogP contribution in [0.4, 0.5) is 5.69 Å². The summed E-state index contributed by atoms with van der Waals surface area (Å²) in [5.41, 5.74) is 6.95. The Labute approximate surface area is 106 Å². The predicted octanol–water partition coefficient (Wildman–Crippen LogP) is 1.69. The van der Waals surface area contributed by atoms with Crippen molar-refractivity contribution >= 4 is 28.8 Å². The van der Waals surface area contributed by atoms with Gasteiger partial charge < -0.3 is 15.8 Å². The number of hydrogen-bond donors (Lipinski definition) is 2. The number of thiocarbonyl (C=S) groups is 1. The van der Waals surface area contributed by atoms with Crippen LogP contribution < -0.4 is 11.1 Å². The highest BCUT2D eigenvalue weighted by atomic mass is 32.1. The van der Waals surface area contributed by atoms with E-state index in [9.17, 15) is 4.79 Å². The summed E-state index contributed by atoms with van der Waals surface area (Å²) in [5.74, 6) is -0.165. The molecular formula is C12H16N2O2S. The van der Waals surface area contributed by atoms with E-state index < -0.39 is 0 Å². The zero-order valence-corrected chi connectivity index (χ0v) is 10.5. The largest absolute Gasteiger partial charge is 0.389 e. The zero-order chi connectivity index (χ0) is 12.7. The van der Waals surface area contributed by atoms with Gasteiger partial charge in [-0.15, -0.1) is 0 Å². The van der Waals surface area contributed by atoms with Crippen molar-refractivity contribution in [2.24, 2.45) is 5.73 Å². The predicted molar refractivity (Wildman–Crippen MR) is 72.1 cm³/mol. The van der Waals surface area contributed by atoms with E-state index >= 15 is 0 Å². The molecule has 1 aromatic rings. The molecule has 3 N–H and O–H groups in total. The average Bonchev–Trinajstić information content (AvgIpc) is 2.30. The molecule has 4 nitrogen and oxygen atoms in total. The Kier molecular flexibility index (Phi) is 5.59. The van der Waals surface area contributed by atoms with Crippen LogP contribution in [0, 0.1) is 0 Å². The van der Waals surface area contributed by atoms with Crippen molar-refractivity contribution in [1.29, 1.82) is 0 Å². The molecule has 0 saturated carbocycles. The molecule has 1 aromatic carbocycles. The quantitative estimate of drug-likeness (QED) is 0.597. The second-order valence-corrected chi connectivity index (χ2v) is 3.98. The van der Waals surface area contributed by atoms with E-state index in [1.807, 2.05) is 6.92 Å². The Balaban J connectivity index is 2.46. The smallest absolute Gasteiger partial charge is 0.250 e. The summed E-state index contributed by atoms with van der Waals surface area (Å²) in [6.45, 7) is 2.66. The van der Waals surface area contributed by atoms with Gasteiger partial charge in [-0.25, -0.2) is 0 Å². The average molecular weight is 252 g/mol. The minimum absolute atomic E-state index is 0.0743. The molecule has 0 bridgehead atoms. The van der Waals surface area contributed by atoms with Gasteiger partial charge in [0.25, 0.3) is 0 Å². The molecule has 0 aliphatic rings. The minimum atomic E-state index is -0.165. The first-order valence-electron chi connectivity index (χ1n) is 5.41. The molecule has 0 spiro atoms. The van der Waals surface area contributed by atoms with Gasteiger partial charge in [0.15, 0.2) is 0 Å². The summed E-state index contributed by atoms with van der Waals surface area (Å²) in [4.78, 5) is 11.8. The number of ether oxygens (including phenoxy) is 1. The standard InChI is InChI=1S/C12H16N2O2S/c1-2-7-16-8-11(15)14-10-5-3-9(4-6-10)12(13)17/h3-6H,2,7-8H2,1H3,(H2,13,17)(H,14,15). The van der Waals surface area contributed by atoms with Gasteiger partial charge in [-0.1, -0.05) is 19.1 Å². The maximum Gasteiger partial charge on any atom is 0.250 e. The summed E-state index contributed by atoms with van der Waals surface area (Å²) in [6.07, 6.45) is 0.899. The maximum atomic E-state index is 11.4. The SMILES string of the molecule is CCCOCC(=O)Nc1ccc(C(N)=S)cc1. The number of nitrogens with two attached hydrogens (primary N) is 1. The van der Waals surface area contributed by atoms with Crippen LogP contribution in [0.25, 0.3) is 0 Å². The van der Waals surface area contributed by atoms with E-state index in [4.69, 9.17) is 22.7 Å². The van der Waals surface area contributed by atoms with Crippen molar-refractivity contribution in [3.63, 3.8) is 0 Å². The van der Waals surface area contributed by atoms with Crippen LogP contribution in [0.15, 0.2) is 24.3 Å². The van der Waals surface area contributed by atoms with Gasteiger partial charge in [-0.2, -0.15) is 0 Å². The molecule has 0 unspecified atom stereocenters. The van der Waals surface area contributed by atoms with Crippen molar-refractivity contribution in [1.82, 2.24) is 0 Å². The van der Waals surface area contributed by atoms with E-state index in [0.29, 0.717) is 17.3 Å². The second-order valence-electron chi connectivity index (χ2n) is 3.54. The number of rotatable bonds is 6. The number of benzene rings is 1. The molecule has 0 fully saturated rings. The molecule has 92 valence electrons. The number of hydrogen-bond acceptors (Lipinski definition) is 3. The molecular weight excluding hydrogens is 236 g/mol. The summed E-state index contributed by atoms with van der Waals surface area (Å²) in [5, 5.41) is 2.72. The van der Waals surface area contributed by atoms with Gasteiger partial charge in [0, 0.05) is 17.9 Å². The molecule has 0 aromatic heterocycles. The van der Waals surface area contributed by atoms with Crippen LogP contribution in [0.3, 0.4) is 0 Å². The highest BCUT2D eigenvalue weighted by Gasteiger charge is 2.02. The lowest BCUT2D eigenvalue weighted by atomic mass is 10.2. The van der Waals surface area contributed by atoms with E-state index in [1.165, 1.54) is 0 Å². The molecule has 0 heterocycles. The van der Waals surface area contributed by atoms with Crippen molar-refractivity contribution in [2.75, 3.05) is 18.5 Å². The molecule has 0 atom stereocenters. The summed E-state index contributed by atoms with van der Waals surface area (Å²) >= 11 is 4.83. The zero-order valence-electron chi connectivity index (χ0n) is 9.73. The Hall–Kier alpha value is -1.46. The summed E-state index contributed by atoms with van der Waals surface area (Å²) in [7, 11) is 0. The third kappa shape index (κ3) is 4.93.